The minimum absolute atomic E-state index is 0.0960. The number of anilines is 1. The van der Waals surface area contributed by atoms with Crippen LogP contribution in [-0.2, 0) is 13.0 Å². The normalized spacial score (nSPS) is 10.8. The lowest BCUT2D eigenvalue weighted by atomic mass is 10.2. The maximum absolute atomic E-state index is 11.3. The van der Waals surface area contributed by atoms with Gasteiger partial charge in [0.15, 0.2) is 0 Å². The van der Waals surface area contributed by atoms with Crippen molar-refractivity contribution >= 4 is 23.2 Å². The second kappa shape index (κ2) is 7.43. The van der Waals surface area contributed by atoms with E-state index in [0.29, 0.717) is 29.6 Å². The lowest BCUT2D eigenvalue weighted by Gasteiger charge is -2.19. The highest BCUT2D eigenvalue weighted by Crippen LogP contribution is 2.29. The van der Waals surface area contributed by atoms with Gasteiger partial charge in [-0.3, -0.25) is 4.57 Å². The molecule has 8 heteroatoms. The van der Waals surface area contributed by atoms with E-state index in [0.717, 1.165) is 5.56 Å². The molecule has 0 aliphatic carbocycles. The zero-order valence-electron chi connectivity index (χ0n) is 13.1. The van der Waals surface area contributed by atoms with E-state index in [4.69, 9.17) is 16.7 Å². The van der Waals surface area contributed by atoms with Crippen LogP contribution >= 0.6 is 11.6 Å². The molecule has 1 aromatic heterocycles. The van der Waals surface area contributed by atoms with Gasteiger partial charge in [0.05, 0.1) is 13.2 Å². The van der Waals surface area contributed by atoms with Crippen molar-refractivity contribution < 1.29 is 10.0 Å². The smallest absolute Gasteiger partial charge is 0.395 e. The van der Waals surface area contributed by atoms with Crippen LogP contribution in [-0.4, -0.2) is 39.8 Å². The monoisotopic (exact) mass is 338 g/mol. The summed E-state index contributed by atoms with van der Waals surface area (Å²) in [5.41, 5.74) is 0.968. The van der Waals surface area contributed by atoms with Gasteiger partial charge in [-0.05, 0) is 27.6 Å². The Hall–Kier alpha value is -2.12. The number of hydrogen-bond acceptors (Lipinski definition) is 5. The summed E-state index contributed by atoms with van der Waals surface area (Å²) in [6.07, 6.45) is 0.571. The molecule has 7 nitrogen and oxygen atoms in total. The zero-order valence-corrected chi connectivity index (χ0v) is 13.8. The number of aliphatic hydroxyl groups excluding tert-OH is 1. The molecule has 0 bridgehead atoms. The van der Waals surface area contributed by atoms with Crippen molar-refractivity contribution in [3.8, 4) is 0 Å². The minimum atomic E-state index is -0.485. The molecule has 0 fully saturated rings. The molecule has 0 atom stereocenters. The Bertz CT molecular complexity index is 685. The Labute approximate surface area is 139 Å². The number of halogens is 1. The highest BCUT2D eigenvalue weighted by atomic mass is 35.5. The Morgan fingerprint density at radius 3 is 2.57 bits per heavy atom. The minimum Gasteiger partial charge on any atom is -0.395 e. The summed E-state index contributed by atoms with van der Waals surface area (Å²) in [6.45, 7) is 2.55. The van der Waals surface area contributed by atoms with Crippen LogP contribution in [0.1, 0.15) is 18.3 Å². The van der Waals surface area contributed by atoms with Crippen LogP contribution in [0.15, 0.2) is 24.3 Å². The van der Waals surface area contributed by atoms with Crippen LogP contribution < -0.4 is 4.90 Å². The lowest BCUT2D eigenvalue weighted by molar-refractivity contribution is -0.388. The van der Waals surface area contributed by atoms with Crippen LogP contribution in [0.4, 0.5) is 11.6 Å². The van der Waals surface area contributed by atoms with Crippen molar-refractivity contribution in [2.24, 2.45) is 0 Å². The molecule has 0 spiro atoms. The standard InChI is InChI=1S/C15H19ClN4O3/c1-3-13-17-14(20(22)23)15(18(2)8-9-21)19(13)10-11-4-6-12(16)7-5-11/h4-7,21H,3,8-10H2,1-2H3. The first kappa shape index (κ1) is 17.2. The van der Waals surface area contributed by atoms with E-state index in [1.807, 2.05) is 23.6 Å². The van der Waals surface area contributed by atoms with Gasteiger partial charge in [0.1, 0.15) is 0 Å². The quantitative estimate of drug-likeness (QED) is 0.619. The molecule has 0 saturated carbocycles. The van der Waals surface area contributed by atoms with Gasteiger partial charge in [0, 0.05) is 25.0 Å². The van der Waals surface area contributed by atoms with Gasteiger partial charge < -0.3 is 20.1 Å². The fourth-order valence-electron chi connectivity index (χ4n) is 2.44. The maximum atomic E-state index is 11.3. The number of rotatable bonds is 7. The van der Waals surface area contributed by atoms with Crippen molar-refractivity contribution in [3.63, 3.8) is 0 Å². The summed E-state index contributed by atoms with van der Waals surface area (Å²) >= 11 is 5.90. The first-order valence-electron chi connectivity index (χ1n) is 7.28. The molecule has 124 valence electrons. The molecule has 0 saturated heterocycles. The van der Waals surface area contributed by atoms with Crippen LogP contribution in [0.2, 0.25) is 5.02 Å². The number of nitro groups is 1. The van der Waals surface area contributed by atoms with Crippen LogP contribution in [0.5, 0.6) is 0 Å². The van der Waals surface area contributed by atoms with E-state index >= 15 is 0 Å². The fourth-order valence-corrected chi connectivity index (χ4v) is 2.57. The third-order valence-corrected chi connectivity index (χ3v) is 3.79. The number of aryl methyl sites for hydroxylation is 1. The van der Waals surface area contributed by atoms with Gasteiger partial charge in [-0.2, -0.15) is 0 Å². The lowest BCUT2D eigenvalue weighted by Crippen LogP contribution is -2.25. The predicted molar refractivity (Wildman–Crippen MR) is 89.2 cm³/mol. The van der Waals surface area contributed by atoms with Gasteiger partial charge in [0.2, 0.25) is 11.6 Å². The van der Waals surface area contributed by atoms with Gasteiger partial charge in [-0.1, -0.05) is 30.7 Å². The number of likely N-dealkylation sites (N-methyl/N-ethyl adjacent to an activating group) is 1. The number of aromatic nitrogens is 2. The molecule has 2 rings (SSSR count). The number of nitrogens with zero attached hydrogens (tertiary/aromatic N) is 4. The van der Waals surface area contributed by atoms with Crippen LogP contribution in [0.3, 0.4) is 0 Å². The molecule has 0 aliphatic rings. The summed E-state index contributed by atoms with van der Waals surface area (Å²) in [4.78, 5) is 16.7. The molecule has 2 aromatic rings. The summed E-state index contributed by atoms with van der Waals surface area (Å²) in [5, 5.41) is 21.1. The molecular formula is C15H19ClN4O3. The third-order valence-electron chi connectivity index (χ3n) is 3.54. The van der Waals surface area contributed by atoms with Crippen molar-refractivity contribution in [2.45, 2.75) is 19.9 Å². The van der Waals surface area contributed by atoms with Crippen molar-refractivity contribution in [1.82, 2.24) is 9.55 Å². The number of hydrogen-bond donors (Lipinski definition) is 1. The maximum Gasteiger partial charge on any atom is 0.406 e. The molecule has 1 heterocycles. The van der Waals surface area contributed by atoms with Gasteiger partial charge in [0.25, 0.3) is 0 Å². The topological polar surface area (TPSA) is 84.4 Å². The SMILES string of the molecule is CCc1nc([N+](=O)[O-])c(N(C)CCO)n1Cc1ccc(Cl)cc1. The second-order valence-corrected chi connectivity index (χ2v) is 5.58. The number of aliphatic hydroxyl groups is 1. The highest BCUT2D eigenvalue weighted by Gasteiger charge is 2.29. The zero-order chi connectivity index (χ0) is 17.0. The van der Waals surface area contributed by atoms with Gasteiger partial charge >= 0.3 is 5.82 Å². The largest absolute Gasteiger partial charge is 0.406 e. The molecule has 1 N–H and O–H groups in total. The van der Waals surface area contributed by atoms with E-state index in [2.05, 4.69) is 4.98 Å². The Morgan fingerprint density at radius 2 is 2.04 bits per heavy atom. The summed E-state index contributed by atoms with van der Waals surface area (Å²) < 4.78 is 1.82. The van der Waals surface area contributed by atoms with Crippen LogP contribution in [0.25, 0.3) is 0 Å². The van der Waals surface area contributed by atoms with E-state index in [9.17, 15) is 10.1 Å². The molecule has 0 unspecified atom stereocenters. The van der Waals surface area contributed by atoms with E-state index in [1.54, 1.807) is 24.1 Å². The van der Waals surface area contributed by atoms with Crippen molar-refractivity contribution in [2.75, 3.05) is 25.1 Å². The van der Waals surface area contributed by atoms with Gasteiger partial charge in [-0.15, -0.1) is 0 Å². The molecule has 0 radical (unpaired) electrons. The molecule has 23 heavy (non-hydrogen) atoms. The van der Waals surface area contributed by atoms with Crippen LogP contribution in [0, 0.1) is 10.1 Å². The average molecular weight is 339 g/mol. The summed E-state index contributed by atoms with van der Waals surface area (Å²) in [7, 11) is 1.71. The Balaban J connectivity index is 2.50. The van der Waals surface area contributed by atoms with Crippen molar-refractivity contribution in [1.29, 1.82) is 0 Å². The number of benzene rings is 1. The number of imidazole rings is 1. The molecular weight excluding hydrogens is 320 g/mol. The molecule has 1 aromatic carbocycles. The van der Waals surface area contributed by atoms with E-state index in [1.165, 1.54) is 0 Å². The summed E-state index contributed by atoms with van der Waals surface area (Å²) in [5.74, 6) is 0.842. The first-order valence-corrected chi connectivity index (χ1v) is 7.66. The first-order chi connectivity index (χ1) is 11.0. The average Bonchev–Trinajstić information content (AvgIpc) is 2.88. The fraction of sp³-hybridized carbons (Fsp3) is 0.400. The third kappa shape index (κ3) is 3.80. The van der Waals surface area contributed by atoms with Gasteiger partial charge in [-0.25, -0.2) is 0 Å². The molecule has 0 aliphatic heterocycles. The summed E-state index contributed by atoms with van der Waals surface area (Å²) in [6, 6.07) is 7.32. The van der Waals surface area contributed by atoms with Crippen molar-refractivity contribution in [3.05, 3.63) is 50.8 Å². The predicted octanol–water partition coefficient (Wildman–Crippen LogP) is 2.48. The molecule has 0 amide bonds. The second-order valence-electron chi connectivity index (χ2n) is 5.14. The Morgan fingerprint density at radius 1 is 1.39 bits per heavy atom. The van der Waals surface area contributed by atoms with E-state index in [-0.39, 0.29) is 19.0 Å². The highest BCUT2D eigenvalue weighted by molar-refractivity contribution is 6.30. The Kier molecular flexibility index (Phi) is 5.57. The van der Waals surface area contributed by atoms with E-state index < -0.39 is 4.92 Å².